The Morgan fingerprint density at radius 2 is 0.746 bits per heavy atom. The number of halogens is 4. The van der Waals surface area contributed by atoms with Crippen molar-refractivity contribution >= 4 is 134 Å². The lowest BCUT2D eigenvalue weighted by atomic mass is 9.80. The van der Waals surface area contributed by atoms with Crippen molar-refractivity contribution < 1.29 is 65.2 Å². The van der Waals surface area contributed by atoms with Crippen molar-refractivity contribution in [3.05, 3.63) is 116 Å². The summed E-state index contributed by atoms with van der Waals surface area (Å²) >= 11 is 26.7. The van der Waals surface area contributed by atoms with Crippen molar-refractivity contribution in [2.45, 2.75) is 266 Å². The van der Waals surface area contributed by atoms with Crippen LogP contribution in [0, 0.1) is 29.6 Å². The molecule has 0 saturated heterocycles. The molecular formula is C84H111Cl4N9O14S3. The van der Waals surface area contributed by atoms with Gasteiger partial charge in [-0.05, 0) is 204 Å². The van der Waals surface area contributed by atoms with Crippen molar-refractivity contribution in [1.29, 1.82) is 0 Å². The van der Waals surface area contributed by atoms with Crippen LogP contribution in [0.2, 0.25) is 20.1 Å². The second kappa shape index (κ2) is 36.6. The number of fused-ring (bicyclic) bond motifs is 1. The molecule has 5 aliphatic rings. The third-order valence-corrected chi connectivity index (χ3v) is 28.8. The summed E-state index contributed by atoms with van der Waals surface area (Å²) in [6.45, 7) is 20.4. The van der Waals surface area contributed by atoms with Gasteiger partial charge < -0.3 is 44.5 Å². The van der Waals surface area contributed by atoms with Crippen molar-refractivity contribution in [3.63, 3.8) is 0 Å². The number of carboxylic acids is 2. The fourth-order valence-electron chi connectivity index (χ4n) is 15.5. The largest absolute Gasteiger partial charge is 0.481 e. The molecule has 0 radical (unpaired) electrons. The molecule has 5 aliphatic carbocycles. The van der Waals surface area contributed by atoms with Crippen molar-refractivity contribution in [3.8, 4) is 34.0 Å². The Hall–Kier alpha value is -6.82. The number of hydrogen-bond acceptors (Lipinski definition) is 15. The number of amides is 3. The van der Waals surface area contributed by atoms with Crippen molar-refractivity contribution in [2.75, 3.05) is 6.54 Å². The number of hydrogen-bond donors (Lipinski definition) is 9. The van der Waals surface area contributed by atoms with Crippen LogP contribution in [0.4, 0.5) is 0 Å². The monoisotopic (exact) mass is 1710 g/mol. The quantitative estimate of drug-likeness (QED) is 0.0254. The molecule has 5 saturated carbocycles. The molecule has 30 heteroatoms. The lowest BCUT2D eigenvalue weighted by Crippen LogP contribution is -2.46. The van der Waals surface area contributed by atoms with Crippen LogP contribution in [0.3, 0.4) is 0 Å². The molecule has 4 aromatic carbocycles. The Bertz CT molecular complexity index is 5040. The van der Waals surface area contributed by atoms with E-state index in [9.17, 15) is 41.7 Å². The molecule has 5 fully saturated rings. The highest BCUT2D eigenvalue weighted by Gasteiger charge is 2.40. The van der Waals surface area contributed by atoms with Gasteiger partial charge in [-0.25, -0.2) is 41.7 Å². The summed E-state index contributed by atoms with van der Waals surface area (Å²) in [6.07, 6.45) is 20.8. The summed E-state index contributed by atoms with van der Waals surface area (Å²) in [7, 11) is -8.69. The van der Waals surface area contributed by atoms with Gasteiger partial charge in [0.15, 0.2) is 17.3 Å². The number of aliphatic carboxylic acids is 2. The Morgan fingerprint density at radius 1 is 0.439 bits per heavy atom. The summed E-state index contributed by atoms with van der Waals surface area (Å²) < 4.78 is 67.8. The summed E-state index contributed by atoms with van der Waals surface area (Å²) in [5.74, 6) is 10.1. The summed E-state index contributed by atoms with van der Waals surface area (Å²) in [4.78, 5) is 76.1. The Kier molecular flexibility index (Phi) is 28.7. The minimum atomic E-state index is -2.95. The van der Waals surface area contributed by atoms with Gasteiger partial charge in [0, 0.05) is 51.9 Å². The average molecular weight is 1710 g/mol. The first kappa shape index (κ1) is 89.5. The highest BCUT2D eigenvalue weighted by molar-refractivity contribution is 7.99. The number of carboxylic acid groups (broad SMARTS) is 2. The number of nitrogens with one attached hydrogen (secondary N) is 6. The van der Waals surface area contributed by atoms with Crippen molar-refractivity contribution in [2.24, 2.45) is 29.6 Å². The van der Waals surface area contributed by atoms with Gasteiger partial charge in [0.2, 0.25) is 0 Å². The maximum Gasteiger partial charge on any atom is 0.307 e. The normalized spacial score (nSPS) is 20.2. The van der Waals surface area contributed by atoms with E-state index >= 15 is 0 Å². The first-order chi connectivity index (χ1) is 53.2. The van der Waals surface area contributed by atoms with Crippen molar-refractivity contribution in [1.82, 2.24) is 45.1 Å². The summed E-state index contributed by atoms with van der Waals surface area (Å²) in [5, 5.41) is 38.8. The number of nitrogens with zero attached hydrogens (tertiary/aromatic N) is 3. The van der Waals surface area contributed by atoms with E-state index in [-0.39, 0.29) is 61.3 Å². The lowest BCUT2D eigenvalue weighted by molar-refractivity contribution is -0.146. The highest BCUT2D eigenvalue weighted by Crippen LogP contribution is 2.45. The molecule has 3 atom stereocenters. The van der Waals surface area contributed by atoms with Crippen LogP contribution in [0.15, 0.2) is 88.6 Å². The van der Waals surface area contributed by atoms with Crippen LogP contribution < -0.4 is 30.1 Å². The van der Waals surface area contributed by atoms with Crippen LogP contribution in [0.25, 0.3) is 44.7 Å². The molecule has 3 heterocycles. The summed E-state index contributed by atoms with van der Waals surface area (Å²) in [5.41, 5.74) is 1.30. The molecular weight excluding hydrogens is 1600 g/mol. The summed E-state index contributed by atoms with van der Waals surface area (Å²) in [6, 6.07) is 17.6. The molecule has 3 aromatic heterocycles. The number of benzene rings is 4. The van der Waals surface area contributed by atoms with E-state index in [4.69, 9.17) is 74.9 Å². The number of oxazole rings is 3. The third-order valence-electron chi connectivity index (χ3n) is 20.8. The van der Waals surface area contributed by atoms with Gasteiger partial charge in [0.05, 0.1) is 98.4 Å². The van der Waals surface area contributed by atoms with Gasteiger partial charge in [-0.3, -0.25) is 24.0 Å². The smallest absolute Gasteiger partial charge is 0.307 e. The minimum absolute atomic E-state index is 0.0110. The fourth-order valence-corrected chi connectivity index (χ4v) is 22.6. The number of rotatable bonds is 24. The van der Waals surface area contributed by atoms with E-state index < -0.39 is 92.8 Å². The second-order valence-corrected chi connectivity index (χ2v) is 42.6. The molecule has 0 bridgehead atoms. The Balaban J connectivity index is 0.000000181. The predicted molar refractivity (Wildman–Crippen MR) is 455 cm³/mol. The van der Waals surface area contributed by atoms with E-state index in [0.29, 0.717) is 112 Å². The molecule has 23 nitrogen and oxygen atoms in total. The van der Waals surface area contributed by atoms with Gasteiger partial charge in [0.1, 0.15) is 0 Å². The molecule has 3 amide bonds. The minimum Gasteiger partial charge on any atom is -0.481 e. The SMILES string of the molecule is C=S(=O)(NC(C)(C)C)c1ccc(-c2oc(C(=O)NC3CC(C(=O)O)C3)nc2CC2CCCCC2)c(Cl)c1Cl.C=S(=O)(NC(C)(C)C)c1ccc(-c2oc(C(=O)NC3CC(C(=O)O)C3)nc2CC2CCCCC2)c2ccccc12.C=S(=O)(NC(C)(C)C)c1ccc(-c2oc(C(=O)NCC(C)(C)O)nc2CC2CCCCC2)c(Cl)c1Cl. The van der Waals surface area contributed by atoms with Gasteiger partial charge in [-0.1, -0.05) is 167 Å². The molecule has 7 aromatic rings. The molecule has 3 unspecified atom stereocenters. The molecule has 9 N–H and O–H groups in total. The Labute approximate surface area is 691 Å². The van der Waals surface area contributed by atoms with Crippen LogP contribution in [0.5, 0.6) is 0 Å². The van der Waals surface area contributed by atoms with E-state index in [1.54, 1.807) is 38.1 Å². The van der Waals surface area contributed by atoms with E-state index in [1.807, 2.05) is 98.7 Å². The number of carbonyl (C=O) groups is 5. The third kappa shape index (κ3) is 23.3. The van der Waals surface area contributed by atoms with Crippen LogP contribution >= 0.6 is 46.4 Å². The lowest BCUT2D eigenvalue weighted by Gasteiger charge is -2.32. The molecule has 622 valence electrons. The standard InChI is InChI=1S/C31H39N3O5S.C27H35Cl2N3O5S.C26H37Cl2N3O4S/c1-31(2,3)34-40(4,38)26-15-14-24(22-12-8-9-13-23(22)26)27-25(16-19-10-6-5-7-11-19)33-29(39-27)28(35)32-21-17-20(18-21)30(36)37;1-27(2,3)32-38(4,36)20-11-10-18(21(28)22(20)29)23-19(12-15-8-6-5-7-9-15)31-25(37-23)24(33)30-17-13-16(14-17)26(34)35;1-25(2,3)31-36(6,34)19-13-12-17(20(27)21(19)28)22-18(14-16-10-8-7-9-11-16)30-24(35-22)23(32)29-15-26(4,5)33/h8-9,12-15,19-21H,4-7,10-11,16-18H2,1-3H3,(H,32,35)(H,34,38)(H,36,37);10-11,15-17H,4-9,12-14H2,1-3H3,(H,30,33)(H,32,36)(H,34,35);12-13,16,33H,6-11,14-15H2,1-5H3,(H,29,32)(H,31,34). The molecule has 114 heavy (non-hydrogen) atoms. The number of aromatic nitrogens is 3. The molecule has 12 rings (SSSR count). The van der Waals surface area contributed by atoms with Gasteiger partial charge in [-0.15, -0.1) is 0 Å². The zero-order chi connectivity index (χ0) is 83.4. The fraction of sp³-hybridized carbons (Fsp3) is 0.536. The van der Waals surface area contributed by atoms with Crippen LogP contribution in [-0.2, 0) is 58.0 Å². The average Bonchev–Trinajstić information content (AvgIpc) is 1.38. The van der Waals surface area contributed by atoms with Gasteiger partial charge >= 0.3 is 29.7 Å². The predicted octanol–water partition coefficient (Wildman–Crippen LogP) is 17.0. The first-order valence-corrected chi connectivity index (χ1v) is 46.0. The maximum absolute atomic E-state index is 13.7. The second-order valence-electron chi connectivity index (χ2n) is 35.1. The van der Waals surface area contributed by atoms with Gasteiger partial charge in [0.25, 0.3) is 17.7 Å². The zero-order valence-electron chi connectivity index (χ0n) is 67.1. The first-order valence-electron chi connectivity index (χ1n) is 39.3. The van der Waals surface area contributed by atoms with Crippen LogP contribution in [-0.4, -0.2) is 131 Å². The van der Waals surface area contributed by atoms with E-state index in [2.05, 4.69) is 57.7 Å². The van der Waals surface area contributed by atoms with Crippen LogP contribution in [0.1, 0.15) is 247 Å². The number of aliphatic hydroxyl groups is 1. The van der Waals surface area contributed by atoms with E-state index in [0.717, 1.165) is 86.2 Å². The Morgan fingerprint density at radius 3 is 1.08 bits per heavy atom. The van der Waals surface area contributed by atoms with E-state index in [1.165, 1.54) is 32.1 Å². The molecule has 0 spiro atoms. The zero-order valence-corrected chi connectivity index (χ0v) is 72.6. The van der Waals surface area contributed by atoms with Gasteiger partial charge in [-0.2, -0.15) is 0 Å². The highest BCUT2D eigenvalue weighted by atomic mass is 35.5. The number of carbonyl (C=O) groups excluding carboxylic acids is 3. The topological polar surface area (TPSA) is 348 Å². The maximum atomic E-state index is 13.7. The molecule has 0 aliphatic heterocycles.